The van der Waals surface area contributed by atoms with Crippen molar-refractivity contribution in [1.29, 1.82) is 0 Å². The molecule has 2 aromatic heterocycles. The Kier molecular flexibility index (Phi) is 4.52. The van der Waals surface area contributed by atoms with Crippen molar-refractivity contribution in [2.24, 2.45) is 0 Å². The molecule has 3 aromatic rings. The molecule has 3 heterocycles. The number of hydrogen-bond acceptors (Lipinski definition) is 5. The molecule has 0 N–H and O–H groups in total. The van der Waals surface area contributed by atoms with Crippen LogP contribution in [0.4, 0.5) is 4.39 Å². The average molecular weight is 338 g/mol. The summed E-state index contributed by atoms with van der Waals surface area (Å²) in [7, 11) is 0. The summed E-state index contributed by atoms with van der Waals surface area (Å²) in [5.74, 6) is 1.02. The first-order chi connectivity index (χ1) is 12.3. The van der Waals surface area contributed by atoms with Crippen LogP contribution in [0.2, 0.25) is 0 Å². The lowest BCUT2D eigenvalue weighted by Gasteiger charge is -2.33. The zero-order valence-corrected chi connectivity index (χ0v) is 13.8. The highest BCUT2D eigenvalue weighted by molar-refractivity contribution is 5.52. The minimum absolute atomic E-state index is 0.0990. The minimum atomic E-state index is -0.210. The number of benzene rings is 1. The molecule has 0 bridgehead atoms. The van der Waals surface area contributed by atoms with Crippen LogP contribution in [-0.4, -0.2) is 26.6 Å². The summed E-state index contributed by atoms with van der Waals surface area (Å²) in [5.41, 5.74) is 1.98. The van der Waals surface area contributed by atoms with Crippen LogP contribution in [0, 0.1) is 5.82 Å². The van der Waals surface area contributed by atoms with Gasteiger partial charge in [0.05, 0.1) is 6.04 Å². The van der Waals surface area contributed by atoms with Gasteiger partial charge in [0.15, 0.2) is 0 Å². The molecule has 1 aromatic carbocycles. The summed E-state index contributed by atoms with van der Waals surface area (Å²) in [6, 6.07) is 10.5. The smallest absolute Gasteiger partial charge is 0.244 e. The largest absolute Gasteiger partial charge is 0.337 e. The fourth-order valence-corrected chi connectivity index (χ4v) is 3.27. The fourth-order valence-electron chi connectivity index (χ4n) is 3.27. The van der Waals surface area contributed by atoms with Crippen LogP contribution in [0.25, 0.3) is 11.4 Å². The topological polar surface area (TPSA) is 55.1 Å². The van der Waals surface area contributed by atoms with E-state index in [1.54, 1.807) is 12.4 Å². The highest BCUT2D eigenvalue weighted by Gasteiger charge is 2.29. The molecule has 0 radical (unpaired) electrons. The summed E-state index contributed by atoms with van der Waals surface area (Å²) >= 11 is 0. The molecule has 1 aliphatic rings. The van der Waals surface area contributed by atoms with Crippen molar-refractivity contribution < 1.29 is 8.91 Å². The standard InChI is InChI=1S/C19H19FN4O/c20-16-6-4-14(5-7-16)13-24-12-2-1-3-17(24)19-22-18(23-25-19)15-8-10-21-11-9-15/h4-11,17H,1-3,12-13H2. The van der Waals surface area contributed by atoms with Crippen molar-refractivity contribution in [1.82, 2.24) is 20.0 Å². The maximum absolute atomic E-state index is 13.1. The van der Waals surface area contributed by atoms with Gasteiger partial charge < -0.3 is 4.52 Å². The lowest BCUT2D eigenvalue weighted by molar-refractivity contribution is 0.111. The van der Waals surface area contributed by atoms with Gasteiger partial charge in [-0.2, -0.15) is 4.98 Å². The van der Waals surface area contributed by atoms with E-state index in [1.165, 1.54) is 12.1 Å². The van der Waals surface area contributed by atoms with Gasteiger partial charge in [0.2, 0.25) is 11.7 Å². The van der Waals surface area contributed by atoms with Crippen LogP contribution in [0.5, 0.6) is 0 Å². The van der Waals surface area contributed by atoms with Gasteiger partial charge in [0.1, 0.15) is 5.82 Å². The third-order valence-corrected chi connectivity index (χ3v) is 4.58. The molecule has 0 aliphatic carbocycles. The maximum Gasteiger partial charge on any atom is 0.244 e. The first kappa shape index (κ1) is 15.9. The molecule has 4 rings (SSSR count). The van der Waals surface area contributed by atoms with E-state index < -0.39 is 0 Å². The predicted octanol–water partition coefficient (Wildman–Crippen LogP) is 4.00. The Morgan fingerprint density at radius 3 is 2.68 bits per heavy atom. The lowest BCUT2D eigenvalue weighted by atomic mass is 10.0. The second kappa shape index (κ2) is 7.11. The molecule has 0 amide bonds. The second-order valence-electron chi connectivity index (χ2n) is 6.30. The number of aromatic nitrogens is 3. The Labute approximate surface area is 145 Å². The van der Waals surface area contributed by atoms with E-state index in [9.17, 15) is 4.39 Å². The zero-order valence-electron chi connectivity index (χ0n) is 13.8. The van der Waals surface area contributed by atoms with Crippen LogP contribution in [-0.2, 0) is 6.54 Å². The van der Waals surface area contributed by atoms with Crippen LogP contribution < -0.4 is 0 Å². The van der Waals surface area contributed by atoms with Crippen LogP contribution in [0.1, 0.15) is 36.8 Å². The van der Waals surface area contributed by atoms with E-state index in [0.29, 0.717) is 11.7 Å². The molecule has 6 heteroatoms. The summed E-state index contributed by atoms with van der Waals surface area (Å²) in [6.45, 7) is 1.72. The van der Waals surface area contributed by atoms with E-state index in [1.807, 2.05) is 24.3 Å². The molecule has 1 unspecified atom stereocenters. The van der Waals surface area contributed by atoms with Gasteiger partial charge in [0.25, 0.3) is 0 Å². The third-order valence-electron chi connectivity index (χ3n) is 4.58. The molecule has 5 nitrogen and oxygen atoms in total. The maximum atomic E-state index is 13.1. The number of nitrogens with zero attached hydrogens (tertiary/aromatic N) is 4. The van der Waals surface area contributed by atoms with E-state index in [0.717, 1.165) is 43.5 Å². The molecule has 1 aliphatic heterocycles. The minimum Gasteiger partial charge on any atom is -0.337 e. The van der Waals surface area contributed by atoms with Crippen LogP contribution in [0.15, 0.2) is 53.3 Å². The Balaban J connectivity index is 1.55. The quantitative estimate of drug-likeness (QED) is 0.720. The summed E-state index contributed by atoms with van der Waals surface area (Å²) < 4.78 is 18.7. The van der Waals surface area contributed by atoms with Crippen molar-refractivity contribution in [3.63, 3.8) is 0 Å². The van der Waals surface area contributed by atoms with Crippen molar-refractivity contribution in [2.45, 2.75) is 31.8 Å². The Morgan fingerprint density at radius 1 is 1.08 bits per heavy atom. The second-order valence-corrected chi connectivity index (χ2v) is 6.30. The number of halogens is 1. The van der Waals surface area contributed by atoms with E-state index in [2.05, 4.69) is 20.0 Å². The van der Waals surface area contributed by atoms with Crippen LogP contribution >= 0.6 is 0 Å². The highest BCUT2D eigenvalue weighted by Crippen LogP contribution is 2.32. The third kappa shape index (κ3) is 3.58. The van der Waals surface area contributed by atoms with E-state index in [-0.39, 0.29) is 11.9 Å². The average Bonchev–Trinajstić information content (AvgIpc) is 3.15. The number of piperidine rings is 1. The molecule has 1 saturated heterocycles. The lowest BCUT2D eigenvalue weighted by Crippen LogP contribution is -2.33. The van der Waals surface area contributed by atoms with E-state index >= 15 is 0 Å². The summed E-state index contributed by atoms with van der Waals surface area (Å²) in [5, 5.41) is 4.12. The van der Waals surface area contributed by atoms with Gasteiger partial charge in [-0.05, 0) is 49.2 Å². The van der Waals surface area contributed by atoms with Crippen molar-refractivity contribution >= 4 is 0 Å². The first-order valence-corrected chi connectivity index (χ1v) is 8.52. The number of likely N-dealkylation sites (tertiary alicyclic amines) is 1. The van der Waals surface area contributed by atoms with Gasteiger partial charge in [0, 0.05) is 24.5 Å². The van der Waals surface area contributed by atoms with Crippen LogP contribution in [0.3, 0.4) is 0 Å². The Morgan fingerprint density at radius 2 is 1.88 bits per heavy atom. The molecular formula is C19H19FN4O. The predicted molar refractivity (Wildman–Crippen MR) is 90.9 cm³/mol. The monoisotopic (exact) mass is 338 g/mol. The normalized spacial score (nSPS) is 18.4. The molecule has 128 valence electrons. The Hall–Kier alpha value is -2.60. The van der Waals surface area contributed by atoms with Crippen molar-refractivity contribution in [3.05, 3.63) is 66.1 Å². The van der Waals surface area contributed by atoms with Crippen molar-refractivity contribution in [2.75, 3.05) is 6.54 Å². The van der Waals surface area contributed by atoms with Gasteiger partial charge in [-0.15, -0.1) is 0 Å². The molecule has 1 atom stereocenters. The molecule has 25 heavy (non-hydrogen) atoms. The molecule has 1 fully saturated rings. The van der Waals surface area contributed by atoms with Gasteiger partial charge in [-0.1, -0.05) is 23.7 Å². The highest BCUT2D eigenvalue weighted by atomic mass is 19.1. The summed E-state index contributed by atoms with van der Waals surface area (Å²) in [6.07, 6.45) is 6.69. The van der Waals surface area contributed by atoms with Gasteiger partial charge >= 0.3 is 0 Å². The SMILES string of the molecule is Fc1ccc(CN2CCCCC2c2nc(-c3ccncc3)no2)cc1. The number of hydrogen-bond donors (Lipinski definition) is 0. The molecule has 0 saturated carbocycles. The molecular weight excluding hydrogens is 319 g/mol. The number of rotatable bonds is 4. The zero-order chi connectivity index (χ0) is 17.1. The first-order valence-electron chi connectivity index (χ1n) is 8.52. The van der Waals surface area contributed by atoms with Gasteiger partial charge in [-0.3, -0.25) is 9.88 Å². The summed E-state index contributed by atoms with van der Waals surface area (Å²) in [4.78, 5) is 10.9. The fraction of sp³-hybridized carbons (Fsp3) is 0.316. The Bertz CT molecular complexity index is 819. The molecule has 0 spiro atoms. The van der Waals surface area contributed by atoms with Crippen molar-refractivity contribution in [3.8, 4) is 11.4 Å². The van der Waals surface area contributed by atoms with Gasteiger partial charge in [-0.25, -0.2) is 4.39 Å². The number of pyridine rings is 1. The van der Waals surface area contributed by atoms with E-state index in [4.69, 9.17) is 4.52 Å².